The summed E-state index contributed by atoms with van der Waals surface area (Å²) in [7, 11) is 0. The molecule has 1 saturated heterocycles. The molecular formula is C34H43F5O4. The molecule has 4 nitrogen and oxygen atoms in total. The first kappa shape index (κ1) is 30.1. The number of allylic oxidation sites excluding steroid dienone is 1. The zero-order valence-electron chi connectivity index (χ0n) is 25.2. The molecule has 1 aromatic rings. The van der Waals surface area contributed by atoms with Crippen molar-refractivity contribution < 1.29 is 41.6 Å². The molecular weight excluding hydrogens is 567 g/mol. The van der Waals surface area contributed by atoms with Crippen molar-refractivity contribution in [2.24, 2.45) is 22.7 Å². The highest BCUT2D eigenvalue weighted by Crippen LogP contribution is 2.71. The summed E-state index contributed by atoms with van der Waals surface area (Å²) in [6.45, 7) is 6.62. The number of aliphatic hydroxyl groups is 2. The van der Waals surface area contributed by atoms with Crippen LogP contribution in [0.1, 0.15) is 108 Å². The van der Waals surface area contributed by atoms with Gasteiger partial charge in [0.25, 0.3) is 0 Å². The van der Waals surface area contributed by atoms with E-state index >= 15 is 8.78 Å². The second-order valence-electron chi connectivity index (χ2n) is 15.6. The van der Waals surface area contributed by atoms with Crippen molar-refractivity contribution in [3.05, 3.63) is 46.5 Å². The van der Waals surface area contributed by atoms with Gasteiger partial charge in [-0.15, -0.1) is 0 Å². The molecule has 1 aromatic carbocycles. The summed E-state index contributed by atoms with van der Waals surface area (Å²) in [6.07, 6.45) is -2.08. The van der Waals surface area contributed by atoms with E-state index < -0.39 is 52.8 Å². The van der Waals surface area contributed by atoms with Crippen molar-refractivity contribution in [1.29, 1.82) is 0 Å². The minimum Gasteiger partial charge on any atom is -0.385 e. The Balaban J connectivity index is 1.32. The average molecular weight is 611 g/mol. The lowest BCUT2D eigenvalue weighted by atomic mass is 9.49. The second kappa shape index (κ2) is 9.26. The fourth-order valence-corrected chi connectivity index (χ4v) is 9.72. The number of fused-ring (bicyclic) bond motifs is 4. The fourth-order valence-electron chi connectivity index (χ4n) is 9.72. The van der Waals surface area contributed by atoms with Crippen LogP contribution in [0, 0.1) is 22.7 Å². The molecule has 5 aliphatic carbocycles. The highest BCUT2D eigenvalue weighted by molar-refractivity contribution is 5.45. The molecule has 5 fully saturated rings. The maximum absolute atomic E-state index is 15.3. The first-order valence-electron chi connectivity index (χ1n) is 15.9. The Morgan fingerprint density at radius 2 is 1.44 bits per heavy atom. The molecule has 2 N–H and O–H groups in total. The Hall–Kier alpha value is -1.55. The number of hydrogen-bond donors (Lipinski definition) is 2. The molecule has 43 heavy (non-hydrogen) atoms. The lowest BCUT2D eigenvalue weighted by Gasteiger charge is -2.59. The van der Waals surface area contributed by atoms with Gasteiger partial charge in [0.2, 0.25) is 0 Å². The van der Waals surface area contributed by atoms with Gasteiger partial charge in [0.1, 0.15) is 5.60 Å². The van der Waals surface area contributed by atoms with Crippen molar-refractivity contribution >= 4 is 0 Å². The van der Waals surface area contributed by atoms with Crippen LogP contribution in [0.4, 0.5) is 22.0 Å². The summed E-state index contributed by atoms with van der Waals surface area (Å²) in [4.78, 5) is 0. The van der Waals surface area contributed by atoms with Crippen LogP contribution in [0.25, 0.3) is 0 Å². The van der Waals surface area contributed by atoms with E-state index in [-0.39, 0.29) is 30.6 Å². The van der Waals surface area contributed by atoms with Crippen molar-refractivity contribution in [1.82, 2.24) is 0 Å². The Bertz CT molecular complexity index is 1310. The topological polar surface area (TPSA) is 58.9 Å². The zero-order chi connectivity index (χ0) is 30.8. The molecule has 6 atom stereocenters. The number of rotatable bonds is 3. The van der Waals surface area contributed by atoms with E-state index in [0.29, 0.717) is 44.8 Å². The zero-order valence-corrected chi connectivity index (χ0v) is 25.2. The number of ether oxygens (including phenoxy) is 2. The van der Waals surface area contributed by atoms with Gasteiger partial charge in [0.05, 0.1) is 18.8 Å². The number of hydrogen-bond acceptors (Lipinski definition) is 4. The molecule has 238 valence electrons. The van der Waals surface area contributed by atoms with E-state index in [4.69, 9.17) is 9.47 Å². The summed E-state index contributed by atoms with van der Waals surface area (Å²) >= 11 is 0. The first-order valence-corrected chi connectivity index (χ1v) is 15.9. The molecule has 0 unspecified atom stereocenters. The summed E-state index contributed by atoms with van der Waals surface area (Å²) in [6, 6.07) is 8.05. The van der Waals surface area contributed by atoms with Crippen LogP contribution in [-0.4, -0.2) is 52.5 Å². The molecule has 0 bridgehead atoms. The summed E-state index contributed by atoms with van der Waals surface area (Å²) in [5.41, 5.74) is -2.32. The van der Waals surface area contributed by atoms with E-state index in [1.54, 1.807) is 0 Å². The molecule has 6 aliphatic rings. The Morgan fingerprint density at radius 1 is 0.814 bits per heavy atom. The second-order valence-corrected chi connectivity index (χ2v) is 15.6. The van der Waals surface area contributed by atoms with E-state index in [9.17, 15) is 23.4 Å². The average Bonchev–Trinajstić information content (AvgIpc) is 3.74. The lowest BCUT2D eigenvalue weighted by molar-refractivity contribution is -0.362. The number of benzene rings is 1. The van der Waals surface area contributed by atoms with Crippen molar-refractivity contribution in [2.45, 2.75) is 126 Å². The van der Waals surface area contributed by atoms with E-state index in [0.717, 1.165) is 29.6 Å². The molecule has 0 radical (unpaired) electrons. The maximum atomic E-state index is 15.3. The SMILES string of the molecule is CC1(C)COC2(CCC3=C4[C@@H](CC[C@@]3(O)C2)[C@@H]2CC[C@@](O)(C(F)(F)C(F)(F)F)[C@@]2(C)C[C@@H]4c2ccc(C3CC3)cc2)OC1. The van der Waals surface area contributed by atoms with Gasteiger partial charge in [-0.2, -0.15) is 22.0 Å². The van der Waals surface area contributed by atoms with Crippen LogP contribution in [0.15, 0.2) is 35.4 Å². The minimum absolute atomic E-state index is 0.0413. The van der Waals surface area contributed by atoms with Crippen LogP contribution >= 0.6 is 0 Å². The molecule has 0 amide bonds. The maximum Gasteiger partial charge on any atom is 0.456 e. The quantitative estimate of drug-likeness (QED) is 0.271. The highest BCUT2D eigenvalue weighted by atomic mass is 19.4. The van der Waals surface area contributed by atoms with Gasteiger partial charge in [-0.05, 0) is 85.8 Å². The van der Waals surface area contributed by atoms with E-state index in [1.165, 1.54) is 12.5 Å². The minimum atomic E-state index is -5.86. The largest absolute Gasteiger partial charge is 0.456 e. The predicted octanol–water partition coefficient (Wildman–Crippen LogP) is 7.79. The van der Waals surface area contributed by atoms with Crippen molar-refractivity contribution in [3.8, 4) is 0 Å². The molecule has 9 heteroatoms. The van der Waals surface area contributed by atoms with Gasteiger partial charge in [0.15, 0.2) is 5.79 Å². The van der Waals surface area contributed by atoms with Gasteiger partial charge in [0, 0.05) is 29.6 Å². The van der Waals surface area contributed by atoms with Crippen LogP contribution in [-0.2, 0) is 9.47 Å². The fraction of sp³-hybridized carbons (Fsp3) is 0.765. The first-order chi connectivity index (χ1) is 19.9. The molecule has 7 rings (SSSR count). The summed E-state index contributed by atoms with van der Waals surface area (Å²) in [5.74, 6) is -6.98. The molecule has 1 spiro atoms. The third-order valence-corrected chi connectivity index (χ3v) is 12.3. The third kappa shape index (κ3) is 4.34. The Kier molecular flexibility index (Phi) is 6.49. The lowest BCUT2D eigenvalue weighted by Crippen LogP contribution is -2.65. The monoisotopic (exact) mass is 610 g/mol. The smallest absolute Gasteiger partial charge is 0.385 e. The molecule has 1 aliphatic heterocycles. The standard InChI is InChI=1S/C34H43F5O4/c1-28(2)18-42-31(43-19-28)14-11-26-27-23(10-13-30(26,40)17-31)25-12-15-32(41,33(35,36)34(37,38)39)29(25,3)16-24(27)22-8-6-21(7-9-22)20-4-5-20/h6-9,20,23-25,40-41H,4-5,10-19H2,1-3H3/t23-,24+,25-,29-,30+,32-/m0/s1. The third-order valence-electron chi connectivity index (χ3n) is 12.3. The van der Waals surface area contributed by atoms with Crippen LogP contribution < -0.4 is 0 Å². The van der Waals surface area contributed by atoms with Gasteiger partial charge < -0.3 is 19.7 Å². The summed E-state index contributed by atoms with van der Waals surface area (Å²) < 4.78 is 84.7. The highest BCUT2D eigenvalue weighted by Gasteiger charge is 2.79. The van der Waals surface area contributed by atoms with E-state index in [1.807, 2.05) is 24.3 Å². The van der Waals surface area contributed by atoms with Crippen molar-refractivity contribution in [3.63, 3.8) is 0 Å². The van der Waals surface area contributed by atoms with Crippen LogP contribution in [0.2, 0.25) is 0 Å². The molecule has 4 saturated carbocycles. The summed E-state index contributed by atoms with van der Waals surface area (Å²) in [5, 5.41) is 23.8. The Labute approximate surface area is 250 Å². The number of alkyl halides is 5. The Morgan fingerprint density at radius 3 is 2.05 bits per heavy atom. The van der Waals surface area contributed by atoms with Crippen molar-refractivity contribution in [2.75, 3.05) is 13.2 Å². The molecule has 0 aromatic heterocycles. The van der Waals surface area contributed by atoms with E-state index in [2.05, 4.69) is 13.8 Å². The normalized spacial score (nSPS) is 40.7. The number of halogens is 5. The van der Waals surface area contributed by atoms with Crippen LogP contribution in [0.3, 0.4) is 0 Å². The van der Waals surface area contributed by atoms with Gasteiger partial charge >= 0.3 is 12.1 Å². The van der Waals surface area contributed by atoms with Gasteiger partial charge in [-0.25, -0.2) is 0 Å². The van der Waals surface area contributed by atoms with Crippen LogP contribution in [0.5, 0.6) is 0 Å². The molecule has 1 heterocycles. The van der Waals surface area contributed by atoms with Gasteiger partial charge in [-0.1, -0.05) is 50.6 Å². The van der Waals surface area contributed by atoms with Gasteiger partial charge in [-0.3, -0.25) is 0 Å². The predicted molar refractivity (Wildman–Crippen MR) is 150 cm³/mol.